The van der Waals surface area contributed by atoms with E-state index in [0.717, 1.165) is 26.1 Å². The van der Waals surface area contributed by atoms with Crippen LogP contribution in [0.2, 0.25) is 0 Å². The summed E-state index contributed by atoms with van der Waals surface area (Å²) in [5, 5.41) is 3.00. The average Bonchev–Trinajstić information content (AvgIpc) is 2.38. The van der Waals surface area contributed by atoms with Crippen molar-refractivity contribution in [3.8, 4) is 0 Å². The van der Waals surface area contributed by atoms with Gasteiger partial charge in [-0.3, -0.25) is 4.79 Å². The minimum Gasteiger partial charge on any atom is -0.343 e. The van der Waals surface area contributed by atoms with E-state index in [9.17, 15) is 4.79 Å². The van der Waals surface area contributed by atoms with Gasteiger partial charge in [0.1, 0.15) is 0 Å². The van der Waals surface area contributed by atoms with Crippen molar-refractivity contribution in [3.05, 3.63) is 35.9 Å². The van der Waals surface area contributed by atoms with Crippen LogP contribution in [0.15, 0.2) is 30.3 Å². The van der Waals surface area contributed by atoms with Gasteiger partial charge in [-0.05, 0) is 26.0 Å². The molecule has 17 heavy (non-hydrogen) atoms. The molecule has 1 rings (SSSR count). The fourth-order valence-corrected chi connectivity index (χ4v) is 1.76. The van der Waals surface area contributed by atoms with Crippen LogP contribution in [-0.2, 0) is 11.2 Å². The van der Waals surface area contributed by atoms with Crippen LogP contribution in [0.1, 0.15) is 18.9 Å². The summed E-state index contributed by atoms with van der Waals surface area (Å²) in [6, 6.07) is 10.3. The highest BCUT2D eigenvalue weighted by molar-refractivity contribution is 5.76. The Balaban J connectivity index is 2.39. The second-order valence-electron chi connectivity index (χ2n) is 4.06. The molecule has 0 aliphatic heterocycles. The summed E-state index contributed by atoms with van der Waals surface area (Å²) in [7, 11) is 1.87. The largest absolute Gasteiger partial charge is 0.343 e. The molecule has 1 aromatic carbocycles. The maximum Gasteiger partial charge on any atom is 0.223 e. The molecule has 0 aliphatic rings. The molecule has 0 heterocycles. The molecule has 0 saturated carbocycles. The van der Waals surface area contributed by atoms with Gasteiger partial charge in [-0.2, -0.15) is 0 Å². The Morgan fingerprint density at radius 1 is 1.29 bits per heavy atom. The van der Waals surface area contributed by atoms with E-state index in [2.05, 4.69) is 17.4 Å². The second-order valence-corrected chi connectivity index (χ2v) is 4.06. The highest BCUT2D eigenvalue weighted by Gasteiger charge is 2.10. The lowest BCUT2D eigenvalue weighted by molar-refractivity contribution is -0.130. The summed E-state index contributed by atoms with van der Waals surface area (Å²) in [4.78, 5) is 13.8. The number of nitrogens with zero attached hydrogens (tertiary/aromatic N) is 1. The van der Waals surface area contributed by atoms with Crippen LogP contribution in [0.5, 0.6) is 0 Å². The van der Waals surface area contributed by atoms with Crippen LogP contribution in [0.4, 0.5) is 0 Å². The summed E-state index contributed by atoms with van der Waals surface area (Å²) in [5.74, 6) is 0.234. The first-order chi connectivity index (χ1) is 8.27. The van der Waals surface area contributed by atoms with Gasteiger partial charge in [-0.25, -0.2) is 0 Å². The molecule has 0 aromatic heterocycles. The van der Waals surface area contributed by atoms with Gasteiger partial charge in [0.2, 0.25) is 5.91 Å². The molecule has 94 valence electrons. The van der Waals surface area contributed by atoms with E-state index in [-0.39, 0.29) is 5.91 Å². The number of nitrogens with one attached hydrogen (secondary N) is 1. The number of amides is 1. The van der Waals surface area contributed by atoms with E-state index in [4.69, 9.17) is 0 Å². The van der Waals surface area contributed by atoms with Gasteiger partial charge in [0.25, 0.3) is 0 Å². The first-order valence-corrected chi connectivity index (χ1v) is 6.24. The summed E-state index contributed by atoms with van der Waals surface area (Å²) in [6.07, 6.45) is 1.51. The Morgan fingerprint density at radius 2 is 2.00 bits per heavy atom. The normalized spacial score (nSPS) is 10.2. The fourth-order valence-electron chi connectivity index (χ4n) is 1.76. The predicted molar refractivity (Wildman–Crippen MR) is 70.9 cm³/mol. The van der Waals surface area contributed by atoms with Crippen molar-refractivity contribution in [2.24, 2.45) is 0 Å². The Morgan fingerprint density at radius 3 is 2.59 bits per heavy atom. The van der Waals surface area contributed by atoms with Gasteiger partial charge in [0.15, 0.2) is 0 Å². The minimum atomic E-state index is 0.234. The zero-order chi connectivity index (χ0) is 12.5. The molecular formula is C14H22N2O. The Hall–Kier alpha value is -1.35. The molecule has 0 spiro atoms. The number of rotatable bonds is 7. The third-order valence-electron chi connectivity index (χ3n) is 2.84. The standard InChI is InChI=1S/C14H22N2O/c1-3-16(14(17)9-11-15-2)12-10-13-7-5-4-6-8-13/h4-8,15H,3,9-12H2,1-2H3. The zero-order valence-corrected chi connectivity index (χ0v) is 10.8. The molecule has 0 saturated heterocycles. The molecule has 0 unspecified atom stereocenters. The fraction of sp³-hybridized carbons (Fsp3) is 0.500. The molecule has 1 amide bonds. The predicted octanol–water partition coefficient (Wildman–Crippen LogP) is 1.69. The summed E-state index contributed by atoms with van der Waals surface area (Å²) >= 11 is 0. The number of hydrogen-bond donors (Lipinski definition) is 1. The van der Waals surface area contributed by atoms with Crippen LogP contribution in [0.25, 0.3) is 0 Å². The van der Waals surface area contributed by atoms with Gasteiger partial charge in [-0.1, -0.05) is 30.3 Å². The van der Waals surface area contributed by atoms with Crippen molar-refractivity contribution in [2.45, 2.75) is 19.8 Å². The zero-order valence-electron chi connectivity index (χ0n) is 10.8. The average molecular weight is 234 g/mol. The summed E-state index contributed by atoms with van der Waals surface area (Å²) in [6.45, 7) is 4.38. The van der Waals surface area contributed by atoms with E-state index in [1.807, 2.05) is 37.1 Å². The number of carbonyl (C=O) groups is 1. The van der Waals surface area contributed by atoms with Crippen molar-refractivity contribution >= 4 is 5.91 Å². The van der Waals surface area contributed by atoms with E-state index in [0.29, 0.717) is 6.42 Å². The molecule has 3 heteroatoms. The van der Waals surface area contributed by atoms with Crippen molar-refractivity contribution in [2.75, 3.05) is 26.7 Å². The number of likely N-dealkylation sites (N-methyl/N-ethyl adjacent to an activating group) is 1. The first kappa shape index (κ1) is 13.7. The maximum atomic E-state index is 11.8. The highest BCUT2D eigenvalue weighted by atomic mass is 16.2. The molecule has 0 bridgehead atoms. The van der Waals surface area contributed by atoms with Gasteiger partial charge >= 0.3 is 0 Å². The first-order valence-electron chi connectivity index (χ1n) is 6.24. The lowest BCUT2D eigenvalue weighted by atomic mass is 10.1. The summed E-state index contributed by atoms with van der Waals surface area (Å²) in [5.41, 5.74) is 1.28. The van der Waals surface area contributed by atoms with Crippen LogP contribution in [0, 0.1) is 0 Å². The Bertz CT molecular complexity index is 324. The van der Waals surface area contributed by atoms with Gasteiger partial charge < -0.3 is 10.2 Å². The Kier molecular flexibility index (Phi) is 6.33. The van der Waals surface area contributed by atoms with Crippen molar-refractivity contribution in [3.63, 3.8) is 0 Å². The molecular weight excluding hydrogens is 212 g/mol. The third-order valence-corrected chi connectivity index (χ3v) is 2.84. The van der Waals surface area contributed by atoms with E-state index >= 15 is 0 Å². The van der Waals surface area contributed by atoms with Crippen molar-refractivity contribution in [1.29, 1.82) is 0 Å². The minimum absolute atomic E-state index is 0.234. The monoisotopic (exact) mass is 234 g/mol. The molecule has 0 fully saturated rings. The van der Waals surface area contributed by atoms with E-state index in [1.54, 1.807) is 0 Å². The van der Waals surface area contributed by atoms with Crippen LogP contribution in [-0.4, -0.2) is 37.5 Å². The lowest BCUT2D eigenvalue weighted by Crippen LogP contribution is -2.34. The molecule has 0 radical (unpaired) electrons. The third kappa shape index (κ3) is 5.00. The quantitative estimate of drug-likeness (QED) is 0.778. The van der Waals surface area contributed by atoms with Crippen molar-refractivity contribution < 1.29 is 4.79 Å². The Labute approximate surface area is 104 Å². The molecule has 0 aliphatic carbocycles. The number of benzene rings is 1. The number of carbonyl (C=O) groups excluding carboxylic acids is 1. The van der Waals surface area contributed by atoms with E-state index < -0.39 is 0 Å². The maximum absolute atomic E-state index is 11.8. The van der Waals surface area contributed by atoms with Crippen LogP contribution < -0.4 is 5.32 Å². The van der Waals surface area contributed by atoms with E-state index in [1.165, 1.54) is 5.56 Å². The van der Waals surface area contributed by atoms with Gasteiger partial charge in [0.05, 0.1) is 0 Å². The van der Waals surface area contributed by atoms with Crippen LogP contribution >= 0.6 is 0 Å². The number of hydrogen-bond acceptors (Lipinski definition) is 2. The second kappa shape index (κ2) is 7.85. The summed E-state index contributed by atoms with van der Waals surface area (Å²) < 4.78 is 0. The topological polar surface area (TPSA) is 32.3 Å². The smallest absolute Gasteiger partial charge is 0.223 e. The SMILES string of the molecule is CCN(CCc1ccccc1)C(=O)CCNC. The molecule has 1 N–H and O–H groups in total. The molecule has 1 aromatic rings. The molecule has 3 nitrogen and oxygen atoms in total. The molecule has 0 atom stereocenters. The van der Waals surface area contributed by atoms with Gasteiger partial charge in [-0.15, -0.1) is 0 Å². The highest BCUT2D eigenvalue weighted by Crippen LogP contribution is 2.02. The lowest BCUT2D eigenvalue weighted by Gasteiger charge is -2.20. The van der Waals surface area contributed by atoms with Gasteiger partial charge in [0, 0.05) is 26.1 Å². The van der Waals surface area contributed by atoms with Crippen molar-refractivity contribution in [1.82, 2.24) is 10.2 Å². The van der Waals surface area contributed by atoms with Crippen LogP contribution in [0.3, 0.4) is 0 Å².